The largest absolute Gasteiger partial charge is 0.493 e. The standard InChI is InChI=1S/C11H14BrNO3/c1-6(2)16-11(14)7-4-8(12)10(15-3)9(13)5-7/h4-6H,13H2,1-3H3. The number of halogens is 1. The van der Waals surface area contributed by atoms with Gasteiger partial charge in [0.2, 0.25) is 0 Å². The molecule has 0 bridgehead atoms. The van der Waals surface area contributed by atoms with Crippen molar-refractivity contribution in [3.05, 3.63) is 22.2 Å². The Hall–Kier alpha value is -1.23. The molecule has 0 saturated heterocycles. The van der Waals surface area contributed by atoms with Gasteiger partial charge in [0, 0.05) is 0 Å². The van der Waals surface area contributed by atoms with Crippen molar-refractivity contribution in [1.82, 2.24) is 0 Å². The predicted molar refractivity (Wildman–Crippen MR) is 65.7 cm³/mol. The van der Waals surface area contributed by atoms with Crippen LogP contribution < -0.4 is 10.5 Å². The van der Waals surface area contributed by atoms with Gasteiger partial charge in [0.1, 0.15) is 0 Å². The molecule has 0 radical (unpaired) electrons. The second-order valence-electron chi connectivity index (χ2n) is 3.53. The topological polar surface area (TPSA) is 61.5 Å². The van der Waals surface area contributed by atoms with Crippen LogP contribution in [0.3, 0.4) is 0 Å². The average Bonchev–Trinajstić information content (AvgIpc) is 2.16. The minimum Gasteiger partial charge on any atom is -0.493 e. The molecule has 0 fully saturated rings. The summed E-state index contributed by atoms with van der Waals surface area (Å²) in [6, 6.07) is 3.16. The van der Waals surface area contributed by atoms with Crippen LogP contribution in [-0.4, -0.2) is 19.2 Å². The van der Waals surface area contributed by atoms with Gasteiger partial charge in [-0.15, -0.1) is 0 Å². The van der Waals surface area contributed by atoms with Crippen LogP contribution in [0.4, 0.5) is 5.69 Å². The normalized spacial score (nSPS) is 10.3. The van der Waals surface area contributed by atoms with Gasteiger partial charge in [0.05, 0.1) is 28.9 Å². The number of anilines is 1. The summed E-state index contributed by atoms with van der Waals surface area (Å²) in [5.41, 5.74) is 6.54. The number of carbonyl (C=O) groups is 1. The molecule has 0 atom stereocenters. The molecular weight excluding hydrogens is 274 g/mol. The van der Waals surface area contributed by atoms with E-state index in [-0.39, 0.29) is 6.10 Å². The molecule has 1 aromatic carbocycles. The third kappa shape index (κ3) is 2.88. The summed E-state index contributed by atoms with van der Waals surface area (Å²) in [6.45, 7) is 3.58. The number of nitrogen functional groups attached to an aromatic ring is 1. The van der Waals surface area contributed by atoms with E-state index in [0.29, 0.717) is 21.5 Å². The molecule has 5 heteroatoms. The molecule has 0 spiro atoms. The molecule has 1 aromatic rings. The third-order valence-corrected chi connectivity index (χ3v) is 2.44. The summed E-state index contributed by atoms with van der Waals surface area (Å²) in [5.74, 6) is 0.117. The second kappa shape index (κ2) is 5.21. The highest BCUT2D eigenvalue weighted by atomic mass is 79.9. The molecule has 0 aliphatic rings. The minimum absolute atomic E-state index is 0.158. The van der Waals surface area contributed by atoms with Crippen molar-refractivity contribution in [2.75, 3.05) is 12.8 Å². The molecule has 16 heavy (non-hydrogen) atoms. The van der Waals surface area contributed by atoms with Crippen LogP contribution >= 0.6 is 15.9 Å². The third-order valence-electron chi connectivity index (χ3n) is 1.85. The summed E-state index contributed by atoms with van der Waals surface area (Å²) >= 11 is 3.28. The van der Waals surface area contributed by atoms with Gasteiger partial charge in [0.25, 0.3) is 0 Å². The highest BCUT2D eigenvalue weighted by molar-refractivity contribution is 9.10. The van der Waals surface area contributed by atoms with Crippen molar-refractivity contribution >= 4 is 27.6 Å². The first-order chi connectivity index (χ1) is 7.45. The lowest BCUT2D eigenvalue weighted by Gasteiger charge is -2.11. The Kier molecular flexibility index (Phi) is 4.18. The van der Waals surface area contributed by atoms with E-state index in [1.54, 1.807) is 19.9 Å². The van der Waals surface area contributed by atoms with E-state index >= 15 is 0 Å². The number of ether oxygens (including phenoxy) is 2. The van der Waals surface area contributed by atoms with Crippen LogP contribution in [-0.2, 0) is 4.74 Å². The fourth-order valence-electron chi connectivity index (χ4n) is 1.23. The fourth-order valence-corrected chi connectivity index (χ4v) is 1.87. The first-order valence-electron chi connectivity index (χ1n) is 4.79. The zero-order chi connectivity index (χ0) is 12.3. The Morgan fingerprint density at radius 3 is 2.50 bits per heavy atom. The van der Waals surface area contributed by atoms with Gasteiger partial charge >= 0.3 is 5.97 Å². The van der Waals surface area contributed by atoms with Crippen molar-refractivity contribution in [3.63, 3.8) is 0 Å². The average molecular weight is 288 g/mol. The van der Waals surface area contributed by atoms with E-state index in [2.05, 4.69) is 15.9 Å². The fraction of sp³-hybridized carbons (Fsp3) is 0.364. The first-order valence-corrected chi connectivity index (χ1v) is 5.59. The van der Waals surface area contributed by atoms with Crippen molar-refractivity contribution < 1.29 is 14.3 Å². The zero-order valence-electron chi connectivity index (χ0n) is 9.41. The molecule has 88 valence electrons. The molecule has 4 nitrogen and oxygen atoms in total. The Balaban J connectivity index is 3.04. The molecule has 0 saturated carbocycles. The summed E-state index contributed by atoms with van der Waals surface area (Å²) in [6.07, 6.45) is -0.158. The van der Waals surface area contributed by atoms with Crippen molar-refractivity contribution in [1.29, 1.82) is 0 Å². The number of hydrogen-bond donors (Lipinski definition) is 1. The second-order valence-corrected chi connectivity index (χ2v) is 4.39. The lowest BCUT2D eigenvalue weighted by Crippen LogP contribution is -2.12. The maximum atomic E-state index is 11.6. The summed E-state index contributed by atoms with van der Waals surface area (Å²) < 4.78 is 10.8. The number of nitrogens with two attached hydrogens (primary N) is 1. The molecular formula is C11H14BrNO3. The maximum Gasteiger partial charge on any atom is 0.338 e. The summed E-state index contributed by atoms with van der Waals surface area (Å²) in [7, 11) is 1.52. The van der Waals surface area contributed by atoms with E-state index < -0.39 is 5.97 Å². The van der Waals surface area contributed by atoms with Crippen molar-refractivity contribution in [2.45, 2.75) is 20.0 Å². The minimum atomic E-state index is -0.398. The van der Waals surface area contributed by atoms with Gasteiger partial charge in [-0.25, -0.2) is 4.79 Å². The van der Waals surface area contributed by atoms with Crippen molar-refractivity contribution in [2.24, 2.45) is 0 Å². The molecule has 0 aliphatic heterocycles. The van der Waals surface area contributed by atoms with E-state index in [1.165, 1.54) is 13.2 Å². The monoisotopic (exact) mass is 287 g/mol. The van der Waals surface area contributed by atoms with Gasteiger partial charge in [-0.3, -0.25) is 0 Å². The Morgan fingerprint density at radius 1 is 1.44 bits per heavy atom. The van der Waals surface area contributed by atoms with E-state index in [1.807, 2.05) is 0 Å². The van der Waals surface area contributed by atoms with Crippen LogP contribution in [0.5, 0.6) is 5.75 Å². The molecule has 0 aliphatic carbocycles. The van der Waals surface area contributed by atoms with Crippen LogP contribution in [0.1, 0.15) is 24.2 Å². The van der Waals surface area contributed by atoms with Crippen LogP contribution in [0.25, 0.3) is 0 Å². The molecule has 0 aromatic heterocycles. The van der Waals surface area contributed by atoms with E-state index in [9.17, 15) is 4.79 Å². The number of hydrogen-bond acceptors (Lipinski definition) is 4. The quantitative estimate of drug-likeness (QED) is 0.686. The summed E-state index contributed by atoms with van der Waals surface area (Å²) in [5, 5.41) is 0. The molecule has 1 rings (SSSR count). The SMILES string of the molecule is COc1c(N)cc(C(=O)OC(C)C)cc1Br. The van der Waals surface area contributed by atoms with Crippen molar-refractivity contribution in [3.8, 4) is 5.75 Å². The van der Waals surface area contributed by atoms with Gasteiger partial charge in [-0.05, 0) is 41.9 Å². The Morgan fingerprint density at radius 2 is 2.06 bits per heavy atom. The molecule has 2 N–H and O–H groups in total. The van der Waals surface area contributed by atoms with Gasteiger partial charge in [-0.2, -0.15) is 0 Å². The van der Waals surface area contributed by atoms with Gasteiger partial charge < -0.3 is 15.2 Å². The lowest BCUT2D eigenvalue weighted by atomic mass is 10.2. The predicted octanol–water partition coefficient (Wildman–Crippen LogP) is 2.61. The molecule has 0 heterocycles. The number of carbonyl (C=O) groups excluding carboxylic acids is 1. The number of rotatable bonds is 3. The highest BCUT2D eigenvalue weighted by Gasteiger charge is 2.14. The van der Waals surface area contributed by atoms with Crippen LogP contribution in [0.15, 0.2) is 16.6 Å². The zero-order valence-corrected chi connectivity index (χ0v) is 11.0. The maximum absolute atomic E-state index is 11.6. The van der Waals surface area contributed by atoms with Gasteiger partial charge in [-0.1, -0.05) is 0 Å². The number of esters is 1. The summed E-state index contributed by atoms with van der Waals surface area (Å²) in [4.78, 5) is 11.6. The Bertz CT molecular complexity index is 381. The Labute approximate surface area is 103 Å². The highest BCUT2D eigenvalue weighted by Crippen LogP contribution is 2.32. The lowest BCUT2D eigenvalue weighted by molar-refractivity contribution is 0.0378. The van der Waals surface area contributed by atoms with E-state index in [0.717, 1.165) is 0 Å². The number of benzene rings is 1. The smallest absolute Gasteiger partial charge is 0.338 e. The number of methoxy groups -OCH3 is 1. The van der Waals surface area contributed by atoms with Crippen LogP contribution in [0.2, 0.25) is 0 Å². The molecule has 0 amide bonds. The molecule has 0 unspecified atom stereocenters. The van der Waals surface area contributed by atoms with Crippen LogP contribution in [0, 0.1) is 0 Å². The first kappa shape index (κ1) is 12.8. The van der Waals surface area contributed by atoms with Gasteiger partial charge in [0.15, 0.2) is 5.75 Å². The van der Waals surface area contributed by atoms with E-state index in [4.69, 9.17) is 15.2 Å².